The molecule has 0 saturated heterocycles. The summed E-state index contributed by atoms with van der Waals surface area (Å²) in [7, 11) is 1.60. The summed E-state index contributed by atoms with van der Waals surface area (Å²) in [5.41, 5.74) is 3.81. The summed E-state index contributed by atoms with van der Waals surface area (Å²) in [6, 6.07) is 8.11. The topological polar surface area (TPSA) is 50.4 Å². The summed E-state index contributed by atoms with van der Waals surface area (Å²) in [6.45, 7) is 2.41. The minimum absolute atomic E-state index is 0.0584. The number of methoxy groups -OCH3 is 1. The number of carbonyl (C=O) groups is 1. The highest BCUT2D eigenvalue weighted by molar-refractivity contribution is 7.12. The normalized spacial score (nSPS) is 13.1. The Balaban J connectivity index is 1.63. The highest BCUT2D eigenvalue weighted by atomic mass is 32.1. The average Bonchev–Trinajstić information content (AvgIpc) is 3.12. The average molecular weight is 288 g/mol. The number of fused-ring (bicyclic) bond motifs is 1. The van der Waals surface area contributed by atoms with Gasteiger partial charge in [-0.05, 0) is 16.7 Å². The number of hydrogen-bond donors (Lipinski definition) is 2. The summed E-state index contributed by atoms with van der Waals surface area (Å²) in [4.78, 5) is 12.7. The molecule has 1 aromatic carbocycles. The van der Waals surface area contributed by atoms with Crippen molar-refractivity contribution in [1.29, 1.82) is 0 Å². The van der Waals surface area contributed by atoms with Gasteiger partial charge in [0.25, 0.3) is 5.91 Å². The third-order valence-corrected chi connectivity index (χ3v) is 4.30. The first-order valence-corrected chi connectivity index (χ1v) is 7.36. The number of ether oxygens (including phenoxy) is 1. The van der Waals surface area contributed by atoms with Crippen LogP contribution >= 0.6 is 11.3 Å². The third kappa shape index (κ3) is 2.69. The maximum absolute atomic E-state index is 12.0. The molecule has 0 unspecified atom stereocenters. The van der Waals surface area contributed by atoms with Crippen molar-refractivity contribution in [3.05, 3.63) is 51.2 Å². The Morgan fingerprint density at radius 1 is 1.35 bits per heavy atom. The first-order valence-electron chi connectivity index (χ1n) is 6.48. The molecule has 1 aromatic heterocycles. The minimum atomic E-state index is -0.0584. The molecular formula is C15H16N2O2S. The van der Waals surface area contributed by atoms with E-state index in [1.165, 1.54) is 22.5 Å². The van der Waals surface area contributed by atoms with Gasteiger partial charge in [-0.2, -0.15) is 0 Å². The quantitative estimate of drug-likeness (QED) is 0.907. The van der Waals surface area contributed by atoms with Crippen LogP contribution in [0.25, 0.3) is 0 Å². The Bertz CT molecular complexity index is 637. The van der Waals surface area contributed by atoms with Gasteiger partial charge in [0.15, 0.2) is 0 Å². The van der Waals surface area contributed by atoms with Crippen LogP contribution in [-0.2, 0) is 19.6 Å². The van der Waals surface area contributed by atoms with Gasteiger partial charge in [-0.3, -0.25) is 4.79 Å². The lowest BCUT2D eigenvalue weighted by atomic mass is 10.1. The van der Waals surface area contributed by atoms with E-state index in [1.807, 2.05) is 5.38 Å². The van der Waals surface area contributed by atoms with E-state index in [4.69, 9.17) is 4.74 Å². The SMILES string of the molecule is COc1csc(C(=O)NCc2ccc3c(c2)CNC3)c1. The Kier molecular flexibility index (Phi) is 3.71. The Morgan fingerprint density at radius 3 is 3.00 bits per heavy atom. The fraction of sp³-hybridized carbons (Fsp3) is 0.267. The van der Waals surface area contributed by atoms with Crippen molar-refractivity contribution in [2.24, 2.45) is 0 Å². The molecule has 3 rings (SSSR count). The highest BCUT2D eigenvalue weighted by Gasteiger charge is 2.12. The molecule has 2 N–H and O–H groups in total. The molecule has 20 heavy (non-hydrogen) atoms. The lowest BCUT2D eigenvalue weighted by Gasteiger charge is -2.06. The van der Waals surface area contributed by atoms with E-state index in [-0.39, 0.29) is 5.91 Å². The molecule has 104 valence electrons. The van der Waals surface area contributed by atoms with E-state index in [1.54, 1.807) is 13.2 Å². The zero-order chi connectivity index (χ0) is 13.9. The summed E-state index contributed by atoms with van der Waals surface area (Å²) >= 11 is 1.39. The first-order chi connectivity index (χ1) is 9.76. The van der Waals surface area contributed by atoms with E-state index in [0.29, 0.717) is 11.4 Å². The van der Waals surface area contributed by atoms with Gasteiger partial charge in [-0.15, -0.1) is 11.3 Å². The predicted octanol–water partition coefficient (Wildman–Crippen LogP) is 2.29. The Labute approximate surface area is 121 Å². The Morgan fingerprint density at radius 2 is 2.20 bits per heavy atom. The molecule has 0 radical (unpaired) electrons. The van der Waals surface area contributed by atoms with E-state index in [9.17, 15) is 4.79 Å². The van der Waals surface area contributed by atoms with Crippen LogP contribution in [0.15, 0.2) is 29.6 Å². The van der Waals surface area contributed by atoms with Crippen molar-refractivity contribution in [2.45, 2.75) is 19.6 Å². The van der Waals surface area contributed by atoms with Crippen molar-refractivity contribution in [3.8, 4) is 5.75 Å². The van der Waals surface area contributed by atoms with Crippen LogP contribution in [-0.4, -0.2) is 13.0 Å². The number of carbonyl (C=O) groups excluding carboxylic acids is 1. The van der Waals surface area contributed by atoms with Crippen LogP contribution in [0.5, 0.6) is 5.75 Å². The molecule has 0 fully saturated rings. The zero-order valence-corrected chi connectivity index (χ0v) is 12.0. The van der Waals surface area contributed by atoms with Gasteiger partial charge < -0.3 is 15.4 Å². The highest BCUT2D eigenvalue weighted by Crippen LogP contribution is 2.21. The predicted molar refractivity (Wildman–Crippen MR) is 79.0 cm³/mol. The summed E-state index contributed by atoms with van der Waals surface area (Å²) in [5.74, 6) is 0.667. The molecule has 0 spiro atoms. The van der Waals surface area contributed by atoms with Gasteiger partial charge in [0, 0.05) is 31.1 Å². The van der Waals surface area contributed by atoms with Crippen molar-refractivity contribution < 1.29 is 9.53 Å². The molecule has 4 nitrogen and oxygen atoms in total. The van der Waals surface area contributed by atoms with Crippen molar-refractivity contribution >= 4 is 17.2 Å². The Hall–Kier alpha value is -1.85. The van der Waals surface area contributed by atoms with Gasteiger partial charge >= 0.3 is 0 Å². The van der Waals surface area contributed by atoms with Crippen molar-refractivity contribution in [3.63, 3.8) is 0 Å². The molecule has 0 bridgehead atoms. The minimum Gasteiger partial charge on any atom is -0.496 e. The lowest BCUT2D eigenvalue weighted by molar-refractivity contribution is 0.0954. The molecule has 1 aliphatic heterocycles. The molecular weight excluding hydrogens is 272 g/mol. The van der Waals surface area contributed by atoms with Gasteiger partial charge in [0.1, 0.15) is 5.75 Å². The third-order valence-electron chi connectivity index (χ3n) is 3.39. The molecule has 2 aromatic rings. The van der Waals surface area contributed by atoms with Gasteiger partial charge in [0.05, 0.1) is 12.0 Å². The summed E-state index contributed by atoms with van der Waals surface area (Å²) < 4.78 is 5.08. The molecule has 1 aliphatic rings. The number of hydrogen-bond acceptors (Lipinski definition) is 4. The maximum Gasteiger partial charge on any atom is 0.261 e. The van der Waals surface area contributed by atoms with E-state index < -0.39 is 0 Å². The zero-order valence-electron chi connectivity index (χ0n) is 11.2. The molecule has 5 heteroatoms. The van der Waals surface area contributed by atoms with E-state index in [2.05, 4.69) is 28.8 Å². The van der Waals surface area contributed by atoms with Crippen LogP contribution in [0, 0.1) is 0 Å². The van der Waals surface area contributed by atoms with Crippen LogP contribution in [0.2, 0.25) is 0 Å². The fourth-order valence-corrected chi connectivity index (χ4v) is 3.04. The second kappa shape index (κ2) is 5.64. The lowest BCUT2D eigenvalue weighted by Crippen LogP contribution is -2.21. The molecule has 0 atom stereocenters. The summed E-state index contributed by atoms with van der Waals surface area (Å²) in [5, 5.41) is 8.08. The molecule has 0 saturated carbocycles. The smallest absolute Gasteiger partial charge is 0.261 e. The van der Waals surface area contributed by atoms with E-state index >= 15 is 0 Å². The second-order valence-corrected chi connectivity index (χ2v) is 5.65. The number of benzene rings is 1. The standard InChI is InChI=1S/C15H16N2O2S/c1-19-13-5-14(20-9-13)15(18)17-6-10-2-3-11-7-16-8-12(11)4-10/h2-5,9,16H,6-8H2,1H3,(H,17,18). The van der Waals surface area contributed by atoms with Gasteiger partial charge in [-0.1, -0.05) is 18.2 Å². The number of amides is 1. The van der Waals surface area contributed by atoms with Crippen LogP contribution in [0.4, 0.5) is 0 Å². The largest absolute Gasteiger partial charge is 0.496 e. The summed E-state index contributed by atoms with van der Waals surface area (Å²) in [6.07, 6.45) is 0. The number of nitrogens with one attached hydrogen (secondary N) is 2. The van der Waals surface area contributed by atoms with E-state index in [0.717, 1.165) is 24.4 Å². The number of thiophene rings is 1. The van der Waals surface area contributed by atoms with Crippen molar-refractivity contribution in [1.82, 2.24) is 10.6 Å². The van der Waals surface area contributed by atoms with Crippen LogP contribution in [0.3, 0.4) is 0 Å². The molecule has 1 amide bonds. The van der Waals surface area contributed by atoms with Gasteiger partial charge in [-0.25, -0.2) is 0 Å². The first kappa shape index (κ1) is 13.1. The maximum atomic E-state index is 12.0. The monoisotopic (exact) mass is 288 g/mol. The number of rotatable bonds is 4. The van der Waals surface area contributed by atoms with Crippen LogP contribution in [0.1, 0.15) is 26.4 Å². The second-order valence-electron chi connectivity index (χ2n) is 4.74. The van der Waals surface area contributed by atoms with Gasteiger partial charge in [0.2, 0.25) is 0 Å². The fourth-order valence-electron chi connectivity index (χ4n) is 2.27. The molecule has 0 aliphatic carbocycles. The molecule has 2 heterocycles. The van der Waals surface area contributed by atoms with Crippen LogP contribution < -0.4 is 15.4 Å². The van der Waals surface area contributed by atoms with Crippen molar-refractivity contribution in [2.75, 3.05) is 7.11 Å².